The van der Waals surface area contributed by atoms with Crippen molar-refractivity contribution in [3.05, 3.63) is 71.9 Å². The van der Waals surface area contributed by atoms with E-state index < -0.39 is 10.1 Å². The number of aryl methyl sites for hydroxylation is 2. The van der Waals surface area contributed by atoms with Gasteiger partial charge >= 0.3 is 10.1 Å². The van der Waals surface area contributed by atoms with Crippen molar-refractivity contribution < 1.29 is 12.6 Å². The van der Waals surface area contributed by atoms with Crippen LogP contribution in [0.5, 0.6) is 5.88 Å². The van der Waals surface area contributed by atoms with E-state index in [2.05, 4.69) is 9.97 Å². The van der Waals surface area contributed by atoms with Crippen molar-refractivity contribution >= 4 is 10.1 Å². The summed E-state index contributed by atoms with van der Waals surface area (Å²) in [6.45, 7) is 3.83. The molecular formula is C19H18N2O3S. The molecule has 0 N–H and O–H groups in total. The molecule has 3 aromatic rings. The molecule has 0 spiro atoms. The van der Waals surface area contributed by atoms with Crippen LogP contribution in [0, 0.1) is 6.92 Å². The first-order valence-electron chi connectivity index (χ1n) is 7.92. The van der Waals surface area contributed by atoms with Crippen LogP contribution in [-0.4, -0.2) is 18.4 Å². The van der Waals surface area contributed by atoms with Gasteiger partial charge in [0.2, 0.25) is 5.88 Å². The second-order valence-electron chi connectivity index (χ2n) is 5.59. The maximum Gasteiger partial charge on any atom is 0.340 e. The van der Waals surface area contributed by atoms with Crippen molar-refractivity contribution in [1.82, 2.24) is 9.97 Å². The molecule has 1 heterocycles. The third-order valence-electron chi connectivity index (χ3n) is 3.65. The average Bonchev–Trinajstić information content (AvgIpc) is 2.62. The average molecular weight is 354 g/mol. The van der Waals surface area contributed by atoms with E-state index in [1.165, 1.54) is 12.1 Å². The highest BCUT2D eigenvalue weighted by Gasteiger charge is 2.18. The first-order valence-corrected chi connectivity index (χ1v) is 9.33. The van der Waals surface area contributed by atoms with Gasteiger partial charge in [0.25, 0.3) is 0 Å². The van der Waals surface area contributed by atoms with Crippen LogP contribution in [0.3, 0.4) is 0 Å². The molecule has 5 nitrogen and oxygen atoms in total. The molecular weight excluding hydrogens is 336 g/mol. The summed E-state index contributed by atoms with van der Waals surface area (Å²) < 4.78 is 30.2. The highest BCUT2D eigenvalue weighted by molar-refractivity contribution is 7.87. The zero-order valence-electron chi connectivity index (χ0n) is 14.0. The van der Waals surface area contributed by atoms with E-state index in [4.69, 9.17) is 4.18 Å². The first-order chi connectivity index (χ1) is 12.0. The summed E-state index contributed by atoms with van der Waals surface area (Å²) >= 11 is 0. The lowest BCUT2D eigenvalue weighted by atomic mass is 10.2. The minimum absolute atomic E-state index is 0.0197. The van der Waals surface area contributed by atoms with E-state index >= 15 is 0 Å². The Morgan fingerprint density at radius 3 is 2.28 bits per heavy atom. The largest absolute Gasteiger partial charge is 0.358 e. The molecule has 6 heteroatoms. The van der Waals surface area contributed by atoms with E-state index in [9.17, 15) is 8.42 Å². The van der Waals surface area contributed by atoms with E-state index in [1.807, 2.05) is 44.2 Å². The number of aromatic nitrogens is 2. The van der Waals surface area contributed by atoms with Gasteiger partial charge in [-0.25, -0.2) is 4.98 Å². The first kappa shape index (κ1) is 17.1. The van der Waals surface area contributed by atoms with Gasteiger partial charge in [0, 0.05) is 17.3 Å². The lowest BCUT2D eigenvalue weighted by Crippen LogP contribution is -2.11. The molecule has 0 amide bonds. The van der Waals surface area contributed by atoms with Crippen LogP contribution in [-0.2, 0) is 16.5 Å². The molecule has 0 radical (unpaired) electrons. The monoisotopic (exact) mass is 354 g/mol. The summed E-state index contributed by atoms with van der Waals surface area (Å²) in [5.74, 6) is 0.459. The van der Waals surface area contributed by atoms with Gasteiger partial charge in [-0.15, -0.1) is 0 Å². The van der Waals surface area contributed by atoms with Gasteiger partial charge in [0.1, 0.15) is 4.90 Å². The summed E-state index contributed by atoms with van der Waals surface area (Å²) in [7, 11) is -3.94. The topological polar surface area (TPSA) is 69.2 Å². The second kappa shape index (κ2) is 7.03. The lowest BCUT2D eigenvalue weighted by Gasteiger charge is -2.09. The molecule has 0 atom stereocenters. The lowest BCUT2D eigenvalue weighted by molar-refractivity contribution is 0.475. The molecule has 0 bridgehead atoms. The minimum atomic E-state index is -3.94. The van der Waals surface area contributed by atoms with Gasteiger partial charge < -0.3 is 4.18 Å². The molecule has 128 valence electrons. The Hall–Kier alpha value is -2.73. The van der Waals surface area contributed by atoms with Crippen LogP contribution in [0.4, 0.5) is 0 Å². The maximum atomic E-state index is 12.5. The minimum Gasteiger partial charge on any atom is -0.358 e. The molecule has 0 fully saturated rings. The Kier molecular flexibility index (Phi) is 4.81. The van der Waals surface area contributed by atoms with E-state index in [0.29, 0.717) is 17.9 Å². The summed E-state index contributed by atoms with van der Waals surface area (Å²) in [6, 6.07) is 17.4. The zero-order valence-corrected chi connectivity index (χ0v) is 14.8. The summed E-state index contributed by atoms with van der Waals surface area (Å²) in [6.07, 6.45) is 0.642. The van der Waals surface area contributed by atoms with Crippen molar-refractivity contribution in [2.24, 2.45) is 0 Å². The van der Waals surface area contributed by atoms with Gasteiger partial charge in [-0.3, -0.25) is 0 Å². The Bertz CT molecular complexity index is 969. The zero-order chi connectivity index (χ0) is 17.9. The van der Waals surface area contributed by atoms with Crippen LogP contribution in [0.15, 0.2) is 65.6 Å². The van der Waals surface area contributed by atoms with Gasteiger partial charge in [0.15, 0.2) is 5.82 Å². The molecule has 0 unspecified atom stereocenters. The fraction of sp³-hybridized carbons (Fsp3) is 0.158. The van der Waals surface area contributed by atoms with Gasteiger partial charge in [-0.05, 0) is 25.5 Å². The van der Waals surface area contributed by atoms with Crippen molar-refractivity contribution in [3.8, 4) is 17.3 Å². The van der Waals surface area contributed by atoms with E-state index in [-0.39, 0.29) is 10.8 Å². The van der Waals surface area contributed by atoms with Crippen molar-refractivity contribution in [1.29, 1.82) is 0 Å². The predicted octanol–water partition coefficient (Wildman–Crippen LogP) is 3.78. The third-order valence-corrected chi connectivity index (χ3v) is 4.89. The molecule has 2 aromatic carbocycles. The molecule has 3 rings (SSSR count). The SMILES string of the molecule is CCc1cc(OS(=O)(=O)c2ccc(C)cc2)nc(-c2ccccc2)n1. The van der Waals surface area contributed by atoms with Gasteiger partial charge in [-0.2, -0.15) is 13.4 Å². The predicted molar refractivity (Wildman–Crippen MR) is 95.8 cm³/mol. The van der Waals surface area contributed by atoms with Crippen LogP contribution in [0.1, 0.15) is 18.2 Å². The van der Waals surface area contributed by atoms with E-state index in [0.717, 1.165) is 11.1 Å². The molecule has 0 aliphatic heterocycles. The van der Waals surface area contributed by atoms with Gasteiger partial charge in [0.05, 0.1) is 0 Å². The van der Waals surface area contributed by atoms with Crippen molar-refractivity contribution in [2.75, 3.05) is 0 Å². The Balaban J connectivity index is 1.98. The summed E-state index contributed by atoms with van der Waals surface area (Å²) in [5, 5.41) is 0. The van der Waals surface area contributed by atoms with Gasteiger partial charge in [-0.1, -0.05) is 55.0 Å². The second-order valence-corrected chi connectivity index (χ2v) is 7.14. The highest BCUT2D eigenvalue weighted by Crippen LogP contribution is 2.22. The van der Waals surface area contributed by atoms with Crippen LogP contribution < -0.4 is 4.18 Å². The summed E-state index contributed by atoms with van der Waals surface area (Å²) in [5.41, 5.74) is 2.49. The molecule has 0 saturated heterocycles. The Morgan fingerprint density at radius 1 is 0.960 bits per heavy atom. The van der Waals surface area contributed by atoms with Crippen LogP contribution in [0.25, 0.3) is 11.4 Å². The quantitative estimate of drug-likeness (QED) is 0.652. The standard InChI is InChI=1S/C19H18N2O3S/c1-3-16-13-18(21-19(20-16)15-7-5-4-6-8-15)24-25(22,23)17-11-9-14(2)10-12-17/h4-13H,3H2,1-2H3. The molecule has 0 saturated carbocycles. The Labute approximate surface area is 147 Å². The smallest absolute Gasteiger partial charge is 0.340 e. The summed E-state index contributed by atoms with van der Waals surface area (Å²) in [4.78, 5) is 8.81. The van der Waals surface area contributed by atoms with Crippen LogP contribution in [0.2, 0.25) is 0 Å². The third kappa shape index (κ3) is 4.03. The molecule has 0 aliphatic carbocycles. The molecule has 25 heavy (non-hydrogen) atoms. The fourth-order valence-electron chi connectivity index (χ4n) is 2.28. The molecule has 0 aliphatic rings. The normalized spacial score (nSPS) is 11.3. The molecule has 1 aromatic heterocycles. The number of benzene rings is 2. The highest BCUT2D eigenvalue weighted by atomic mass is 32.2. The van der Waals surface area contributed by atoms with Crippen LogP contribution >= 0.6 is 0 Å². The number of hydrogen-bond donors (Lipinski definition) is 0. The number of rotatable bonds is 5. The number of nitrogens with zero attached hydrogens (tertiary/aromatic N) is 2. The van der Waals surface area contributed by atoms with Crippen molar-refractivity contribution in [3.63, 3.8) is 0 Å². The van der Waals surface area contributed by atoms with Crippen molar-refractivity contribution in [2.45, 2.75) is 25.2 Å². The maximum absolute atomic E-state index is 12.5. The fourth-order valence-corrected chi connectivity index (χ4v) is 3.15. The Morgan fingerprint density at radius 2 is 1.64 bits per heavy atom. The number of hydrogen-bond acceptors (Lipinski definition) is 5. The van der Waals surface area contributed by atoms with E-state index in [1.54, 1.807) is 18.2 Å².